The number of alkyl halides is 1. The molecule has 0 aliphatic carbocycles. The van der Waals surface area contributed by atoms with Crippen molar-refractivity contribution < 1.29 is 9.13 Å². The number of halogens is 2. The van der Waals surface area contributed by atoms with E-state index in [4.69, 9.17) is 16.3 Å². The molecular formula is C15H15ClFNO. The molecule has 2 aromatic rings. The number of aromatic nitrogens is 1. The van der Waals surface area contributed by atoms with Crippen molar-refractivity contribution >= 4 is 11.6 Å². The lowest BCUT2D eigenvalue weighted by molar-refractivity contribution is 0.386. The van der Waals surface area contributed by atoms with E-state index in [0.717, 1.165) is 16.8 Å². The van der Waals surface area contributed by atoms with E-state index in [9.17, 15) is 4.39 Å². The molecule has 100 valence electrons. The number of aryl methyl sites for hydroxylation is 1. The van der Waals surface area contributed by atoms with Crippen LogP contribution >= 0.6 is 11.6 Å². The molecule has 4 heteroatoms. The number of hydrogen-bond donors (Lipinski definition) is 0. The molecule has 0 aliphatic heterocycles. The van der Waals surface area contributed by atoms with Crippen LogP contribution in [0.3, 0.4) is 0 Å². The number of benzene rings is 1. The maximum atomic E-state index is 13.6. The Morgan fingerprint density at radius 1 is 1.37 bits per heavy atom. The summed E-state index contributed by atoms with van der Waals surface area (Å²) in [6.07, 6.45) is 2.31. The van der Waals surface area contributed by atoms with E-state index in [1.807, 2.05) is 19.1 Å². The number of ether oxygens (including phenoxy) is 1. The quantitative estimate of drug-likeness (QED) is 0.788. The first-order valence-electron chi connectivity index (χ1n) is 6.00. The molecule has 0 radical (unpaired) electrons. The first kappa shape index (κ1) is 13.8. The van der Waals surface area contributed by atoms with Gasteiger partial charge in [-0.05, 0) is 36.2 Å². The fourth-order valence-corrected chi connectivity index (χ4v) is 2.18. The van der Waals surface area contributed by atoms with E-state index >= 15 is 0 Å². The molecule has 0 fully saturated rings. The van der Waals surface area contributed by atoms with Gasteiger partial charge in [0.1, 0.15) is 0 Å². The van der Waals surface area contributed by atoms with E-state index in [1.165, 1.54) is 13.2 Å². The lowest BCUT2D eigenvalue weighted by atomic mass is 10.0. The van der Waals surface area contributed by atoms with Gasteiger partial charge in [-0.3, -0.25) is 4.98 Å². The van der Waals surface area contributed by atoms with Crippen LogP contribution < -0.4 is 4.74 Å². The average Bonchev–Trinajstić information content (AvgIpc) is 2.41. The standard InChI is InChI=1S/C15H15ClFNO/c1-10-4-3-7-18-14(10)9-12(16)11-5-6-15(19-2)13(17)8-11/h3-8,12H,9H2,1-2H3. The summed E-state index contributed by atoms with van der Waals surface area (Å²) in [5.74, 6) is -0.176. The minimum absolute atomic E-state index is 0.224. The molecule has 2 nitrogen and oxygen atoms in total. The molecule has 0 aliphatic rings. The molecule has 1 heterocycles. The monoisotopic (exact) mass is 279 g/mol. The van der Waals surface area contributed by atoms with Gasteiger partial charge in [-0.25, -0.2) is 4.39 Å². The highest BCUT2D eigenvalue weighted by Crippen LogP contribution is 2.28. The Hall–Kier alpha value is -1.61. The van der Waals surface area contributed by atoms with Crippen molar-refractivity contribution in [2.24, 2.45) is 0 Å². The van der Waals surface area contributed by atoms with Crippen molar-refractivity contribution in [2.45, 2.75) is 18.7 Å². The second kappa shape index (κ2) is 6.02. The minimum atomic E-state index is -0.400. The van der Waals surface area contributed by atoms with Crippen LogP contribution in [0.5, 0.6) is 5.75 Å². The summed E-state index contributed by atoms with van der Waals surface area (Å²) >= 11 is 6.33. The van der Waals surface area contributed by atoms with Gasteiger partial charge in [0.15, 0.2) is 11.6 Å². The summed E-state index contributed by atoms with van der Waals surface area (Å²) in [5, 5.41) is -0.311. The third kappa shape index (κ3) is 3.24. The van der Waals surface area contributed by atoms with E-state index < -0.39 is 5.82 Å². The van der Waals surface area contributed by atoms with Gasteiger partial charge in [0.25, 0.3) is 0 Å². The molecule has 1 unspecified atom stereocenters. The molecule has 1 atom stereocenters. The number of rotatable bonds is 4. The molecule has 19 heavy (non-hydrogen) atoms. The molecule has 0 saturated carbocycles. The van der Waals surface area contributed by atoms with Gasteiger partial charge in [0.05, 0.1) is 12.5 Å². The van der Waals surface area contributed by atoms with Crippen LogP contribution in [0.4, 0.5) is 4.39 Å². The smallest absolute Gasteiger partial charge is 0.165 e. The molecule has 0 saturated heterocycles. The number of methoxy groups -OCH3 is 1. The minimum Gasteiger partial charge on any atom is -0.494 e. The SMILES string of the molecule is COc1ccc(C(Cl)Cc2ncccc2C)cc1F. The van der Waals surface area contributed by atoms with Crippen LogP contribution in [0.2, 0.25) is 0 Å². The highest BCUT2D eigenvalue weighted by Gasteiger charge is 2.13. The molecule has 0 N–H and O–H groups in total. The van der Waals surface area contributed by atoms with E-state index in [0.29, 0.717) is 6.42 Å². The Balaban J connectivity index is 2.18. The van der Waals surface area contributed by atoms with Gasteiger partial charge in [-0.15, -0.1) is 11.6 Å². The summed E-state index contributed by atoms with van der Waals surface area (Å²) < 4.78 is 18.5. The first-order chi connectivity index (χ1) is 9.11. The summed E-state index contributed by atoms with van der Waals surface area (Å²) in [5.41, 5.74) is 2.74. The van der Waals surface area contributed by atoms with Crippen LogP contribution in [0.15, 0.2) is 36.5 Å². The van der Waals surface area contributed by atoms with E-state index in [-0.39, 0.29) is 11.1 Å². The summed E-state index contributed by atoms with van der Waals surface area (Å²) in [6.45, 7) is 1.99. The predicted molar refractivity (Wildman–Crippen MR) is 74.2 cm³/mol. The van der Waals surface area contributed by atoms with Crippen LogP contribution in [-0.4, -0.2) is 12.1 Å². The second-order valence-electron chi connectivity index (χ2n) is 4.33. The van der Waals surface area contributed by atoms with Crippen LogP contribution in [0.25, 0.3) is 0 Å². The number of hydrogen-bond acceptors (Lipinski definition) is 2. The van der Waals surface area contributed by atoms with Crippen LogP contribution in [-0.2, 0) is 6.42 Å². The Bertz CT molecular complexity index is 574. The fraction of sp³-hybridized carbons (Fsp3) is 0.267. The maximum Gasteiger partial charge on any atom is 0.165 e. The van der Waals surface area contributed by atoms with Gasteiger partial charge in [-0.1, -0.05) is 12.1 Å². The third-order valence-corrected chi connectivity index (χ3v) is 3.43. The lowest BCUT2D eigenvalue weighted by Gasteiger charge is -2.12. The molecule has 0 spiro atoms. The van der Waals surface area contributed by atoms with E-state index in [2.05, 4.69) is 4.98 Å². The Morgan fingerprint density at radius 2 is 2.16 bits per heavy atom. The lowest BCUT2D eigenvalue weighted by Crippen LogP contribution is -2.01. The van der Waals surface area contributed by atoms with Crippen molar-refractivity contribution in [3.8, 4) is 5.75 Å². The Kier molecular flexibility index (Phi) is 4.38. The fourth-order valence-electron chi connectivity index (χ4n) is 1.90. The summed E-state index contributed by atoms with van der Waals surface area (Å²) in [7, 11) is 1.44. The molecule has 1 aromatic carbocycles. The summed E-state index contributed by atoms with van der Waals surface area (Å²) in [6, 6.07) is 8.65. The molecule has 2 rings (SSSR count). The van der Waals surface area contributed by atoms with Gasteiger partial charge < -0.3 is 4.74 Å². The van der Waals surface area contributed by atoms with Crippen molar-refractivity contribution in [1.29, 1.82) is 0 Å². The second-order valence-corrected chi connectivity index (χ2v) is 4.86. The first-order valence-corrected chi connectivity index (χ1v) is 6.43. The van der Waals surface area contributed by atoms with Crippen LogP contribution in [0.1, 0.15) is 22.2 Å². The van der Waals surface area contributed by atoms with E-state index in [1.54, 1.807) is 18.3 Å². The molecular weight excluding hydrogens is 265 g/mol. The highest BCUT2D eigenvalue weighted by molar-refractivity contribution is 6.20. The average molecular weight is 280 g/mol. The van der Waals surface area contributed by atoms with Gasteiger partial charge in [-0.2, -0.15) is 0 Å². The summed E-state index contributed by atoms with van der Waals surface area (Å²) in [4.78, 5) is 4.30. The Labute approximate surface area is 117 Å². The molecule has 0 amide bonds. The Morgan fingerprint density at radius 3 is 2.79 bits per heavy atom. The van der Waals surface area contributed by atoms with Crippen molar-refractivity contribution in [3.63, 3.8) is 0 Å². The third-order valence-electron chi connectivity index (χ3n) is 3.03. The molecule has 0 bridgehead atoms. The zero-order valence-electron chi connectivity index (χ0n) is 10.9. The van der Waals surface area contributed by atoms with Crippen LogP contribution in [0, 0.1) is 12.7 Å². The predicted octanol–water partition coefficient (Wildman–Crippen LogP) is 4.06. The van der Waals surface area contributed by atoms with Gasteiger partial charge >= 0.3 is 0 Å². The van der Waals surface area contributed by atoms with Crippen molar-refractivity contribution in [1.82, 2.24) is 4.98 Å². The molecule has 1 aromatic heterocycles. The van der Waals surface area contributed by atoms with Gasteiger partial charge in [0, 0.05) is 18.3 Å². The topological polar surface area (TPSA) is 22.1 Å². The van der Waals surface area contributed by atoms with Gasteiger partial charge in [0.2, 0.25) is 0 Å². The maximum absolute atomic E-state index is 13.6. The largest absolute Gasteiger partial charge is 0.494 e. The number of nitrogens with zero attached hydrogens (tertiary/aromatic N) is 1. The normalized spacial score (nSPS) is 12.2. The zero-order chi connectivity index (χ0) is 13.8. The number of pyridine rings is 1. The van der Waals surface area contributed by atoms with Crippen molar-refractivity contribution in [3.05, 3.63) is 59.2 Å². The zero-order valence-corrected chi connectivity index (χ0v) is 11.6. The van der Waals surface area contributed by atoms with Crippen molar-refractivity contribution in [2.75, 3.05) is 7.11 Å². The highest BCUT2D eigenvalue weighted by atomic mass is 35.5.